The Kier molecular flexibility index (Phi) is 6.90. The van der Waals surface area contributed by atoms with Crippen LogP contribution >= 0.6 is 0 Å². The molecule has 1 fully saturated rings. The minimum absolute atomic E-state index is 0.0889. The van der Waals surface area contributed by atoms with Crippen LogP contribution in [0, 0.1) is 17.3 Å². The molecule has 0 amide bonds. The Hall–Kier alpha value is -1.05. The van der Waals surface area contributed by atoms with Crippen LogP contribution in [0.15, 0.2) is 0 Å². The molecule has 1 rings (SSSR count). The molecule has 0 aromatic carbocycles. The number of carbonyl (C=O) groups is 1. The molecule has 1 atom stereocenters. The summed E-state index contributed by atoms with van der Waals surface area (Å²) in [6.45, 7) is 4.66. The van der Waals surface area contributed by atoms with Crippen molar-refractivity contribution in [2.24, 2.45) is 5.41 Å². The highest BCUT2D eigenvalue weighted by molar-refractivity contribution is 5.73. The van der Waals surface area contributed by atoms with Crippen molar-refractivity contribution in [2.75, 3.05) is 13.2 Å². The molecule has 4 nitrogen and oxygen atoms in total. The van der Waals surface area contributed by atoms with Crippen molar-refractivity contribution in [3.05, 3.63) is 0 Å². The maximum atomic E-state index is 10.9. The van der Waals surface area contributed by atoms with Crippen molar-refractivity contribution >= 4 is 5.97 Å². The molecule has 0 saturated carbocycles. The normalized spacial score (nSPS) is 19.6. The number of carboxylic acid groups (broad SMARTS) is 1. The van der Waals surface area contributed by atoms with Crippen molar-refractivity contribution in [2.45, 2.75) is 58.7 Å². The van der Waals surface area contributed by atoms with Gasteiger partial charge in [0.1, 0.15) is 6.61 Å². The van der Waals surface area contributed by atoms with Crippen LogP contribution in [0.5, 0.6) is 0 Å². The zero-order valence-corrected chi connectivity index (χ0v) is 11.9. The van der Waals surface area contributed by atoms with Gasteiger partial charge in [0, 0.05) is 13.0 Å². The Balaban J connectivity index is 2.06. The summed E-state index contributed by atoms with van der Waals surface area (Å²) in [4.78, 5) is 10.9. The number of ether oxygens (including phenoxy) is 2. The maximum Gasteiger partial charge on any atom is 0.309 e. The van der Waals surface area contributed by atoms with Crippen molar-refractivity contribution < 1.29 is 19.4 Å². The molecule has 0 spiro atoms. The second-order valence-corrected chi connectivity index (χ2v) is 5.50. The summed E-state index contributed by atoms with van der Waals surface area (Å²) in [5, 5.41) is 8.96. The quantitative estimate of drug-likeness (QED) is 0.594. The molecule has 108 valence electrons. The predicted octanol–water partition coefficient (Wildman–Crippen LogP) is 2.81. The second-order valence-electron chi connectivity index (χ2n) is 5.50. The monoisotopic (exact) mass is 268 g/mol. The van der Waals surface area contributed by atoms with Gasteiger partial charge in [0.25, 0.3) is 0 Å². The number of carboxylic acids is 1. The Bertz CT molecular complexity index is 332. The van der Waals surface area contributed by atoms with Crippen molar-refractivity contribution in [1.29, 1.82) is 0 Å². The standard InChI is InChI=1S/C15H24O4/c1-15(2,14(16)17)10-6-3-4-7-11-18-13-9-5-8-12-19-13/h13H,3,5-6,8-12H2,1-2H3,(H,16,17). The molecule has 1 heterocycles. The van der Waals surface area contributed by atoms with E-state index in [1.54, 1.807) is 13.8 Å². The van der Waals surface area contributed by atoms with E-state index in [1.165, 1.54) is 0 Å². The third-order valence-electron chi connectivity index (χ3n) is 3.29. The van der Waals surface area contributed by atoms with Gasteiger partial charge in [-0.2, -0.15) is 0 Å². The largest absolute Gasteiger partial charge is 0.481 e. The molecule has 4 heteroatoms. The van der Waals surface area contributed by atoms with Crippen LogP contribution in [0.1, 0.15) is 52.4 Å². The maximum absolute atomic E-state index is 10.9. The summed E-state index contributed by atoms with van der Waals surface area (Å²) >= 11 is 0. The van der Waals surface area contributed by atoms with Gasteiger partial charge in [0.2, 0.25) is 0 Å². The van der Waals surface area contributed by atoms with Crippen molar-refractivity contribution in [3.63, 3.8) is 0 Å². The van der Waals surface area contributed by atoms with Crippen LogP contribution in [0.2, 0.25) is 0 Å². The molecular formula is C15H24O4. The number of aliphatic carboxylic acids is 1. The van der Waals surface area contributed by atoms with Gasteiger partial charge in [-0.15, -0.1) is 5.92 Å². The van der Waals surface area contributed by atoms with E-state index in [4.69, 9.17) is 14.6 Å². The molecule has 1 aliphatic heterocycles. The lowest BCUT2D eigenvalue weighted by molar-refractivity contribution is -0.154. The molecule has 0 aromatic heterocycles. The van der Waals surface area contributed by atoms with E-state index in [1.807, 2.05) is 0 Å². The average Bonchev–Trinajstić information content (AvgIpc) is 2.38. The smallest absolute Gasteiger partial charge is 0.309 e. The molecule has 1 saturated heterocycles. The highest BCUT2D eigenvalue weighted by Crippen LogP contribution is 2.22. The highest BCUT2D eigenvalue weighted by atomic mass is 16.7. The highest BCUT2D eigenvalue weighted by Gasteiger charge is 2.25. The van der Waals surface area contributed by atoms with E-state index in [2.05, 4.69) is 11.8 Å². The van der Waals surface area contributed by atoms with E-state index in [0.717, 1.165) is 32.3 Å². The van der Waals surface area contributed by atoms with Crippen molar-refractivity contribution in [3.8, 4) is 11.8 Å². The molecular weight excluding hydrogens is 244 g/mol. The number of unbranched alkanes of at least 4 members (excludes halogenated alkanes) is 1. The van der Waals surface area contributed by atoms with Crippen molar-refractivity contribution in [1.82, 2.24) is 0 Å². The summed E-state index contributed by atoms with van der Waals surface area (Å²) in [7, 11) is 0. The van der Waals surface area contributed by atoms with Crippen LogP contribution < -0.4 is 0 Å². The van der Waals surface area contributed by atoms with E-state index in [-0.39, 0.29) is 6.29 Å². The molecule has 1 unspecified atom stereocenters. The average molecular weight is 268 g/mol. The van der Waals surface area contributed by atoms with Crippen LogP contribution in [0.25, 0.3) is 0 Å². The van der Waals surface area contributed by atoms with E-state index >= 15 is 0 Å². The summed E-state index contributed by atoms with van der Waals surface area (Å²) in [5.41, 5.74) is -0.659. The Morgan fingerprint density at radius 2 is 2.21 bits per heavy atom. The summed E-state index contributed by atoms with van der Waals surface area (Å²) < 4.78 is 10.9. The zero-order chi connectivity index (χ0) is 14.1. The molecule has 0 radical (unpaired) electrons. The van der Waals surface area contributed by atoms with Gasteiger partial charge in [0.15, 0.2) is 6.29 Å². The van der Waals surface area contributed by atoms with Gasteiger partial charge in [-0.1, -0.05) is 5.92 Å². The Labute approximate surface area is 115 Å². The fourth-order valence-corrected chi connectivity index (χ4v) is 1.84. The van der Waals surface area contributed by atoms with Gasteiger partial charge < -0.3 is 14.6 Å². The lowest BCUT2D eigenvalue weighted by atomic mass is 9.87. The summed E-state index contributed by atoms with van der Waals surface area (Å²) in [6, 6.07) is 0. The van der Waals surface area contributed by atoms with Gasteiger partial charge in [-0.25, -0.2) is 0 Å². The number of hydrogen-bond donors (Lipinski definition) is 1. The van der Waals surface area contributed by atoms with Crippen LogP contribution in [-0.2, 0) is 14.3 Å². The summed E-state index contributed by atoms with van der Waals surface area (Å²) in [6.07, 6.45) is 5.29. The van der Waals surface area contributed by atoms with Crippen LogP contribution in [-0.4, -0.2) is 30.6 Å². The molecule has 1 N–H and O–H groups in total. The SMILES string of the molecule is CC(C)(CCCC#CCOC1CCCCO1)C(=O)O. The first-order chi connectivity index (χ1) is 9.02. The number of rotatable bonds is 6. The van der Waals surface area contributed by atoms with Crippen LogP contribution in [0.4, 0.5) is 0 Å². The fraction of sp³-hybridized carbons (Fsp3) is 0.800. The lowest BCUT2D eigenvalue weighted by Gasteiger charge is -2.21. The van der Waals surface area contributed by atoms with Gasteiger partial charge >= 0.3 is 5.97 Å². The first-order valence-corrected chi connectivity index (χ1v) is 6.95. The predicted molar refractivity (Wildman–Crippen MR) is 72.6 cm³/mol. The zero-order valence-electron chi connectivity index (χ0n) is 11.9. The van der Waals surface area contributed by atoms with E-state index in [9.17, 15) is 4.79 Å². The molecule has 1 aliphatic rings. The molecule has 0 bridgehead atoms. The molecule has 19 heavy (non-hydrogen) atoms. The van der Waals surface area contributed by atoms with Gasteiger partial charge in [-0.05, 0) is 46.0 Å². The lowest BCUT2D eigenvalue weighted by Crippen LogP contribution is -2.23. The summed E-state index contributed by atoms with van der Waals surface area (Å²) in [5.74, 6) is 5.21. The van der Waals surface area contributed by atoms with E-state index < -0.39 is 11.4 Å². The number of hydrogen-bond acceptors (Lipinski definition) is 3. The fourth-order valence-electron chi connectivity index (χ4n) is 1.84. The topological polar surface area (TPSA) is 55.8 Å². The first kappa shape index (κ1) is 16.0. The van der Waals surface area contributed by atoms with Gasteiger partial charge in [-0.3, -0.25) is 4.79 Å². The van der Waals surface area contributed by atoms with Crippen LogP contribution in [0.3, 0.4) is 0 Å². The second kappa shape index (κ2) is 8.19. The van der Waals surface area contributed by atoms with Gasteiger partial charge in [0.05, 0.1) is 5.41 Å². The third kappa shape index (κ3) is 6.60. The first-order valence-electron chi connectivity index (χ1n) is 6.95. The Morgan fingerprint density at radius 3 is 2.84 bits per heavy atom. The Morgan fingerprint density at radius 1 is 1.42 bits per heavy atom. The van der Waals surface area contributed by atoms with E-state index in [0.29, 0.717) is 19.4 Å². The molecule has 0 aliphatic carbocycles. The molecule has 0 aromatic rings. The minimum Gasteiger partial charge on any atom is -0.481 e. The minimum atomic E-state index is -0.752. The third-order valence-corrected chi connectivity index (χ3v) is 3.29.